The molecule has 0 aliphatic carbocycles. The zero-order chi connectivity index (χ0) is 35.1. The fourth-order valence-electron chi connectivity index (χ4n) is 4.93. The van der Waals surface area contributed by atoms with Crippen LogP contribution in [0, 0.1) is 10.1 Å². The number of nitrogens with zero attached hydrogens (tertiary/aromatic N) is 2. The summed E-state index contributed by atoms with van der Waals surface area (Å²) in [6.45, 7) is 0. The number of hydrogen-bond donors (Lipinski definition) is 2. The van der Waals surface area contributed by atoms with Gasteiger partial charge in [0, 0.05) is 46.3 Å². The Morgan fingerprint density at radius 3 is 2.12 bits per heavy atom. The number of rotatable bonds is 12. The maximum absolute atomic E-state index is 13.6. The SMILES string of the molecule is COc1cc(OC)c(OC)cc1/C=C(\NC(=O)c1ccccc1)C(=O)Nc1ccc(SC2CC(=O)N(c3ccc([N+](=O)[O-])cc3)C2=O)cc1. The van der Waals surface area contributed by atoms with Crippen LogP contribution in [0.5, 0.6) is 17.2 Å². The van der Waals surface area contributed by atoms with E-state index in [-0.39, 0.29) is 23.5 Å². The molecule has 13 nitrogen and oxygen atoms in total. The van der Waals surface area contributed by atoms with Gasteiger partial charge in [0.05, 0.1) is 37.2 Å². The molecule has 0 saturated carbocycles. The first kappa shape index (κ1) is 34.2. The van der Waals surface area contributed by atoms with Gasteiger partial charge in [-0.05, 0) is 60.7 Å². The first-order valence-electron chi connectivity index (χ1n) is 14.7. The predicted octanol–water partition coefficient (Wildman–Crippen LogP) is 5.45. The van der Waals surface area contributed by atoms with Crippen LogP contribution in [0.1, 0.15) is 22.3 Å². The van der Waals surface area contributed by atoms with E-state index < -0.39 is 33.8 Å². The average Bonchev–Trinajstić information content (AvgIpc) is 3.40. The highest BCUT2D eigenvalue weighted by molar-refractivity contribution is 8.00. The number of ether oxygens (including phenoxy) is 3. The second kappa shape index (κ2) is 15.2. The minimum Gasteiger partial charge on any atom is -0.496 e. The van der Waals surface area contributed by atoms with Crippen LogP contribution in [-0.2, 0) is 14.4 Å². The molecule has 5 rings (SSSR count). The molecule has 0 radical (unpaired) electrons. The number of nitro groups is 1. The number of carbonyl (C=O) groups is 4. The Morgan fingerprint density at radius 1 is 0.878 bits per heavy atom. The van der Waals surface area contributed by atoms with Crippen molar-refractivity contribution in [1.29, 1.82) is 0 Å². The van der Waals surface area contributed by atoms with Crippen molar-refractivity contribution in [2.24, 2.45) is 0 Å². The van der Waals surface area contributed by atoms with Crippen molar-refractivity contribution in [2.75, 3.05) is 31.5 Å². The number of hydrogen-bond acceptors (Lipinski definition) is 10. The van der Waals surface area contributed by atoms with Crippen LogP contribution >= 0.6 is 11.8 Å². The third-order valence-electron chi connectivity index (χ3n) is 7.38. The molecule has 250 valence electrons. The Hall–Kier alpha value is -6.15. The predicted molar refractivity (Wildman–Crippen MR) is 183 cm³/mol. The highest BCUT2D eigenvalue weighted by Crippen LogP contribution is 2.37. The minimum absolute atomic E-state index is 0.0478. The van der Waals surface area contributed by atoms with E-state index in [1.165, 1.54) is 63.4 Å². The van der Waals surface area contributed by atoms with Crippen LogP contribution in [0.4, 0.5) is 17.1 Å². The summed E-state index contributed by atoms with van der Waals surface area (Å²) in [4.78, 5) is 64.6. The highest BCUT2D eigenvalue weighted by Gasteiger charge is 2.40. The van der Waals surface area contributed by atoms with Gasteiger partial charge in [-0.25, -0.2) is 4.90 Å². The number of methoxy groups -OCH3 is 3. The molecule has 1 heterocycles. The molecule has 1 atom stereocenters. The van der Waals surface area contributed by atoms with Crippen molar-refractivity contribution in [3.8, 4) is 17.2 Å². The minimum atomic E-state index is -0.706. The molecule has 0 spiro atoms. The lowest BCUT2D eigenvalue weighted by atomic mass is 10.1. The number of amides is 4. The normalized spacial score (nSPS) is 14.3. The maximum atomic E-state index is 13.6. The molecule has 4 aromatic carbocycles. The van der Waals surface area contributed by atoms with Gasteiger partial charge >= 0.3 is 0 Å². The Bertz CT molecular complexity index is 1930. The summed E-state index contributed by atoms with van der Waals surface area (Å²) in [5, 5.41) is 15.7. The van der Waals surface area contributed by atoms with Crippen LogP contribution in [0.2, 0.25) is 0 Å². The third-order valence-corrected chi connectivity index (χ3v) is 8.58. The third kappa shape index (κ3) is 7.88. The molecule has 4 aromatic rings. The number of benzene rings is 4. The standard InChI is InChI=1S/C35H30N4O9S/c1-46-28-19-30(48-3)29(47-2)18-22(28)17-27(37-33(41)21-7-5-4-6-8-21)34(42)36-23-9-15-26(16-10-23)49-31-20-32(40)38(35(31)43)24-11-13-25(14-12-24)39(44)45/h4-19,31H,20H2,1-3H3,(H,36,42)(H,37,41)/b27-17-. The Morgan fingerprint density at radius 2 is 1.51 bits per heavy atom. The zero-order valence-corrected chi connectivity index (χ0v) is 27.3. The molecule has 1 aliphatic heterocycles. The molecule has 49 heavy (non-hydrogen) atoms. The fourth-order valence-corrected chi connectivity index (χ4v) is 5.99. The summed E-state index contributed by atoms with van der Waals surface area (Å²) < 4.78 is 16.3. The van der Waals surface area contributed by atoms with Crippen LogP contribution in [0.25, 0.3) is 6.08 Å². The Labute approximate surface area is 285 Å². The molecular formula is C35H30N4O9S. The van der Waals surface area contributed by atoms with Crippen molar-refractivity contribution < 1.29 is 38.3 Å². The smallest absolute Gasteiger partial charge is 0.272 e. The first-order valence-corrected chi connectivity index (χ1v) is 15.6. The largest absolute Gasteiger partial charge is 0.496 e. The highest BCUT2D eigenvalue weighted by atomic mass is 32.2. The second-order valence-corrected chi connectivity index (χ2v) is 11.7. The van der Waals surface area contributed by atoms with Crippen molar-refractivity contribution in [3.63, 3.8) is 0 Å². The van der Waals surface area contributed by atoms with Gasteiger partial charge in [-0.1, -0.05) is 18.2 Å². The fraction of sp³-hybridized carbons (Fsp3) is 0.143. The van der Waals surface area contributed by atoms with Crippen LogP contribution < -0.4 is 29.7 Å². The number of carbonyl (C=O) groups excluding carboxylic acids is 4. The van der Waals surface area contributed by atoms with E-state index in [2.05, 4.69) is 10.6 Å². The lowest BCUT2D eigenvalue weighted by Gasteiger charge is -2.15. The van der Waals surface area contributed by atoms with Crippen LogP contribution in [-0.4, -0.2) is 55.1 Å². The molecule has 1 fully saturated rings. The number of anilines is 2. The molecule has 2 N–H and O–H groups in total. The van der Waals surface area contributed by atoms with Gasteiger partial charge in [-0.3, -0.25) is 29.3 Å². The van der Waals surface area contributed by atoms with E-state index in [1.807, 2.05) is 0 Å². The quantitative estimate of drug-likeness (QED) is 0.0849. The number of nitro benzene ring substituents is 1. The molecule has 1 unspecified atom stereocenters. The average molecular weight is 683 g/mol. The number of thioether (sulfide) groups is 1. The molecule has 0 bridgehead atoms. The number of nitrogens with one attached hydrogen (secondary N) is 2. The van der Waals surface area contributed by atoms with Gasteiger partial charge in [0.15, 0.2) is 11.5 Å². The molecule has 1 aliphatic rings. The molecule has 1 saturated heterocycles. The van der Waals surface area contributed by atoms with E-state index in [1.54, 1.807) is 66.7 Å². The second-order valence-electron chi connectivity index (χ2n) is 10.5. The van der Waals surface area contributed by atoms with E-state index >= 15 is 0 Å². The molecular weight excluding hydrogens is 652 g/mol. The summed E-state index contributed by atoms with van der Waals surface area (Å²) in [5.41, 5.74) is 1.20. The van der Waals surface area contributed by atoms with Crippen molar-refractivity contribution in [1.82, 2.24) is 5.32 Å². The summed E-state index contributed by atoms with van der Waals surface area (Å²) >= 11 is 1.18. The van der Waals surface area contributed by atoms with Gasteiger partial charge in [0.25, 0.3) is 17.5 Å². The van der Waals surface area contributed by atoms with Gasteiger partial charge in [0.1, 0.15) is 11.4 Å². The molecule has 0 aromatic heterocycles. The van der Waals surface area contributed by atoms with Gasteiger partial charge in [-0.15, -0.1) is 11.8 Å². The molecule has 4 amide bonds. The van der Waals surface area contributed by atoms with E-state index in [0.29, 0.717) is 39.0 Å². The van der Waals surface area contributed by atoms with E-state index in [0.717, 1.165) is 4.90 Å². The van der Waals surface area contributed by atoms with Crippen molar-refractivity contribution >= 4 is 58.5 Å². The van der Waals surface area contributed by atoms with Crippen LogP contribution in [0.3, 0.4) is 0 Å². The maximum Gasteiger partial charge on any atom is 0.272 e. The number of imide groups is 1. The topological polar surface area (TPSA) is 166 Å². The summed E-state index contributed by atoms with van der Waals surface area (Å²) in [6.07, 6.45) is 1.41. The molecule has 14 heteroatoms. The van der Waals surface area contributed by atoms with Gasteiger partial charge in [0.2, 0.25) is 11.8 Å². The number of non-ortho nitro benzene ring substituents is 1. The van der Waals surface area contributed by atoms with E-state index in [9.17, 15) is 29.3 Å². The lowest BCUT2D eigenvalue weighted by Crippen LogP contribution is -2.31. The summed E-state index contributed by atoms with van der Waals surface area (Å²) in [5.74, 6) is -0.820. The Kier molecular flexibility index (Phi) is 10.6. The first-order chi connectivity index (χ1) is 23.6. The van der Waals surface area contributed by atoms with E-state index in [4.69, 9.17) is 14.2 Å². The van der Waals surface area contributed by atoms with Gasteiger partial charge in [-0.2, -0.15) is 0 Å². The zero-order valence-electron chi connectivity index (χ0n) is 26.5. The summed E-state index contributed by atoms with van der Waals surface area (Å²) in [7, 11) is 4.42. The lowest BCUT2D eigenvalue weighted by molar-refractivity contribution is -0.384. The monoisotopic (exact) mass is 682 g/mol. The van der Waals surface area contributed by atoms with Crippen LogP contribution in [0.15, 0.2) is 102 Å². The van der Waals surface area contributed by atoms with Crippen molar-refractivity contribution in [3.05, 3.63) is 118 Å². The van der Waals surface area contributed by atoms with Gasteiger partial charge < -0.3 is 24.8 Å². The van der Waals surface area contributed by atoms with Crippen molar-refractivity contribution in [2.45, 2.75) is 16.6 Å². The Balaban J connectivity index is 1.33. The summed E-state index contributed by atoms with van der Waals surface area (Å²) in [6, 6.07) is 23.5.